The molecule has 1 amide bonds. The van der Waals surface area contributed by atoms with Crippen LogP contribution in [0.2, 0.25) is 0 Å². The van der Waals surface area contributed by atoms with Crippen molar-refractivity contribution in [3.63, 3.8) is 0 Å². The molecule has 0 spiro atoms. The largest absolute Gasteiger partial charge is 0.490 e. The molecule has 0 fully saturated rings. The Morgan fingerprint density at radius 1 is 1.17 bits per heavy atom. The predicted octanol–water partition coefficient (Wildman–Crippen LogP) is 3.28. The van der Waals surface area contributed by atoms with E-state index in [9.17, 15) is 4.79 Å². The van der Waals surface area contributed by atoms with Crippen LogP contribution in [0.15, 0.2) is 42.5 Å². The van der Waals surface area contributed by atoms with Crippen LogP contribution in [0.3, 0.4) is 0 Å². The summed E-state index contributed by atoms with van der Waals surface area (Å²) in [7, 11) is 0. The number of nitrogens with zero attached hydrogens (tertiary/aromatic N) is 1. The summed E-state index contributed by atoms with van der Waals surface area (Å²) in [6.45, 7) is 4.07. The van der Waals surface area contributed by atoms with Crippen molar-refractivity contribution in [2.75, 3.05) is 18.5 Å². The molecule has 0 aliphatic heterocycles. The van der Waals surface area contributed by atoms with Gasteiger partial charge >= 0.3 is 0 Å². The van der Waals surface area contributed by atoms with E-state index in [0.717, 1.165) is 11.3 Å². The van der Waals surface area contributed by atoms with Crippen LogP contribution in [0, 0.1) is 18.3 Å². The molecule has 0 radical (unpaired) electrons. The van der Waals surface area contributed by atoms with Crippen molar-refractivity contribution in [2.45, 2.75) is 13.8 Å². The lowest BCUT2D eigenvalue weighted by molar-refractivity contribution is -0.118. The first kappa shape index (κ1) is 16.4. The van der Waals surface area contributed by atoms with Crippen LogP contribution in [0.4, 0.5) is 5.69 Å². The highest BCUT2D eigenvalue weighted by molar-refractivity contribution is 5.92. The number of ether oxygens (including phenoxy) is 2. The maximum atomic E-state index is 12.0. The fourth-order valence-electron chi connectivity index (χ4n) is 2.01. The van der Waals surface area contributed by atoms with Gasteiger partial charge in [-0.15, -0.1) is 0 Å². The molecule has 0 aliphatic carbocycles. The molecular weight excluding hydrogens is 292 g/mol. The number of amides is 1. The van der Waals surface area contributed by atoms with Gasteiger partial charge in [-0.05, 0) is 37.6 Å². The molecule has 2 rings (SSSR count). The summed E-state index contributed by atoms with van der Waals surface area (Å²) in [5.41, 5.74) is 2.21. The first-order valence-electron chi connectivity index (χ1n) is 7.29. The van der Waals surface area contributed by atoms with E-state index in [0.29, 0.717) is 23.7 Å². The Labute approximate surface area is 135 Å². The number of nitrogens with one attached hydrogen (secondary N) is 1. The van der Waals surface area contributed by atoms with Crippen molar-refractivity contribution in [3.8, 4) is 17.6 Å². The molecule has 0 unspecified atom stereocenters. The van der Waals surface area contributed by atoms with Gasteiger partial charge in [0.15, 0.2) is 18.1 Å². The lowest BCUT2D eigenvalue weighted by Crippen LogP contribution is -2.20. The second-order valence-corrected chi connectivity index (χ2v) is 4.86. The zero-order valence-corrected chi connectivity index (χ0v) is 13.1. The Morgan fingerprint density at radius 2 is 1.96 bits per heavy atom. The first-order chi connectivity index (χ1) is 11.1. The van der Waals surface area contributed by atoms with Gasteiger partial charge in [0, 0.05) is 11.8 Å². The summed E-state index contributed by atoms with van der Waals surface area (Å²) < 4.78 is 11.0. The number of nitriles is 1. The zero-order chi connectivity index (χ0) is 16.7. The van der Waals surface area contributed by atoms with E-state index in [1.807, 2.05) is 44.2 Å². The van der Waals surface area contributed by atoms with Crippen molar-refractivity contribution >= 4 is 11.6 Å². The fraction of sp³-hybridized carbons (Fsp3) is 0.222. The number of carbonyl (C=O) groups excluding carboxylic acids is 1. The molecule has 0 aromatic heterocycles. The maximum Gasteiger partial charge on any atom is 0.262 e. The molecule has 2 aromatic rings. The highest BCUT2D eigenvalue weighted by atomic mass is 16.5. The topological polar surface area (TPSA) is 71.3 Å². The summed E-state index contributed by atoms with van der Waals surface area (Å²) in [5, 5.41) is 11.7. The molecule has 2 aromatic carbocycles. The Bertz CT molecular complexity index is 735. The Morgan fingerprint density at radius 3 is 2.65 bits per heavy atom. The molecule has 118 valence electrons. The fourth-order valence-corrected chi connectivity index (χ4v) is 2.01. The molecule has 5 nitrogen and oxygen atoms in total. The van der Waals surface area contributed by atoms with Gasteiger partial charge in [0.2, 0.25) is 0 Å². The molecule has 23 heavy (non-hydrogen) atoms. The van der Waals surface area contributed by atoms with Crippen LogP contribution in [-0.4, -0.2) is 19.1 Å². The normalized spacial score (nSPS) is 9.78. The first-order valence-corrected chi connectivity index (χ1v) is 7.29. The third-order valence-electron chi connectivity index (χ3n) is 3.15. The van der Waals surface area contributed by atoms with E-state index in [2.05, 4.69) is 5.32 Å². The van der Waals surface area contributed by atoms with Gasteiger partial charge in [-0.25, -0.2) is 0 Å². The third-order valence-corrected chi connectivity index (χ3v) is 3.15. The number of rotatable bonds is 6. The van der Waals surface area contributed by atoms with Gasteiger partial charge in [-0.3, -0.25) is 4.79 Å². The van der Waals surface area contributed by atoms with Crippen LogP contribution >= 0.6 is 0 Å². The smallest absolute Gasteiger partial charge is 0.262 e. The van der Waals surface area contributed by atoms with Crippen molar-refractivity contribution in [1.29, 1.82) is 5.26 Å². The number of hydrogen-bond acceptors (Lipinski definition) is 4. The second kappa shape index (κ2) is 7.85. The molecule has 0 bridgehead atoms. The molecule has 0 heterocycles. The number of aryl methyl sites for hydroxylation is 1. The van der Waals surface area contributed by atoms with Gasteiger partial charge in [0.05, 0.1) is 18.2 Å². The number of anilines is 1. The zero-order valence-electron chi connectivity index (χ0n) is 13.1. The highest BCUT2D eigenvalue weighted by Crippen LogP contribution is 2.28. The van der Waals surface area contributed by atoms with Crippen LogP contribution in [0.25, 0.3) is 0 Å². The van der Waals surface area contributed by atoms with E-state index < -0.39 is 0 Å². The van der Waals surface area contributed by atoms with E-state index >= 15 is 0 Å². The van der Waals surface area contributed by atoms with Gasteiger partial charge in [-0.1, -0.05) is 18.2 Å². The molecule has 1 N–H and O–H groups in total. The van der Waals surface area contributed by atoms with Gasteiger partial charge < -0.3 is 14.8 Å². The maximum absolute atomic E-state index is 12.0. The van der Waals surface area contributed by atoms with Crippen molar-refractivity contribution in [3.05, 3.63) is 53.6 Å². The molecule has 0 saturated carbocycles. The van der Waals surface area contributed by atoms with E-state index in [-0.39, 0.29) is 12.5 Å². The summed E-state index contributed by atoms with van der Waals surface area (Å²) in [5.74, 6) is 0.632. The summed E-state index contributed by atoms with van der Waals surface area (Å²) in [6.07, 6.45) is 0. The average molecular weight is 310 g/mol. The van der Waals surface area contributed by atoms with Gasteiger partial charge in [0.25, 0.3) is 5.91 Å². The van der Waals surface area contributed by atoms with Crippen LogP contribution in [0.1, 0.15) is 18.1 Å². The number of hydrogen-bond donors (Lipinski definition) is 1. The molecular formula is C18H18N2O3. The van der Waals surface area contributed by atoms with Crippen LogP contribution in [-0.2, 0) is 4.79 Å². The van der Waals surface area contributed by atoms with Gasteiger partial charge in [-0.2, -0.15) is 5.26 Å². The lowest BCUT2D eigenvalue weighted by atomic mass is 10.2. The number of carbonyl (C=O) groups is 1. The van der Waals surface area contributed by atoms with Crippen LogP contribution < -0.4 is 14.8 Å². The minimum absolute atomic E-state index is 0.139. The summed E-state index contributed by atoms with van der Waals surface area (Å²) >= 11 is 0. The number of benzene rings is 2. The minimum Gasteiger partial charge on any atom is -0.490 e. The number of para-hydroxylation sites is 1. The van der Waals surface area contributed by atoms with Crippen LogP contribution in [0.5, 0.6) is 11.5 Å². The monoisotopic (exact) mass is 310 g/mol. The van der Waals surface area contributed by atoms with E-state index in [1.54, 1.807) is 18.2 Å². The third kappa shape index (κ3) is 4.48. The Hall–Kier alpha value is -3.00. The predicted molar refractivity (Wildman–Crippen MR) is 87.6 cm³/mol. The van der Waals surface area contributed by atoms with Crippen molar-refractivity contribution in [1.82, 2.24) is 0 Å². The molecule has 0 saturated heterocycles. The minimum atomic E-state index is -0.258. The van der Waals surface area contributed by atoms with Crippen molar-refractivity contribution < 1.29 is 14.3 Å². The average Bonchev–Trinajstić information content (AvgIpc) is 2.56. The Balaban J connectivity index is 2.01. The van der Waals surface area contributed by atoms with Crippen molar-refractivity contribution in [2.24, 2.45) is 0 Å². The summed E-state index contributed by atoms with van der Waals surface area (Å²) in [4.78, 5) is 12.0. The Kier molecular flexibility index (Phi) is 5.59. The van der Waals surface area contributed by atoms with E-state index in [1.165, 1.54) is 0 Å². The second-order valence-electron chi connectivity index (χ2n) is 4.86. The molecule has 5 heteroatoms. The lowest BCUT2D eigenvalue weighted by Gasteiger charge is -2.12. The highest BCUT2D eigenvalue weighted by Gasteiger charge is 2.10. The van der Waals surface area contributed by atoms with E-state index in [4.69, 9.17) is 14.7 Å². The molecule has 0 aliphatic rings. The quantitative estimate of drug-likeness (QED) is 0.888. The van der Waals surface area contributed by atoms with Gasteiger partial charge in [0.1, 0.15) is 0 Å². The summed E-state index contributed by atoms with van der Waals surface area (Å²) in [6, 6.07) is 14.4. The molecule has 0 atom stereocenters. The SMILES string of the molecule is CCOc1cc(C#N)ccc1OCC(=O)Nc1ccccc1C. The standard InChI is InChI=1S/C18H18N2O3/c1-3-22-17-10-14(11-19)8-9-16(17)23-12-18(21)20-15-7-5-4-6-13(15)2/h4-10H,3,12H2,1-2H3,(H,20,21).